The van der Waals surface area contributed by atoms with Crippen LogP contribution in [0.5, 0.6) is 5.75 Å². The van der Waals surface area contributed by atoms with Crippen molar-refractivity contribution in [1.82, 2.24) is 15.5 Å². The lowest BCUT2D eigenvalue weighted by molar-refractivity contribution is -0.135. The van der Waals surface area contributed by atoms with E-state index < -0.39 is 0 Å². The summed E-state index contributed by atoms with van der Waals surface area (Å²) in [4.78, 5) is 19.5. The molecule has 160 valence electrons. The van der Waals surface area contributed by atoms with Gasteiger partial charge in [-0.2, -0.15) is 0 Å². The van der Waals surface area contributed by atoms with Crippen LogP contribution in [0.4, 0.5) is 0 Å². The molecule has 0 spiro atoms. The van der Waals surface area contributed by atoms with Crippen molar-refractivity contribution < 1.29 is 9.90 Å². The van der Waals surface area contributed by atoms with Gasteiger partial charge in [0, 0.05) is 38.1 Å². The molecule has 1 aliphatic carbocycles. The van der Waals surface area contributed by atoms with Crippen molar-refractivity contribution in [2.24, 2.45) is 10.9 Å². The molecule has 1 aliphatic heterocycles. The summed E-state index contributed by atoms with van der Waals surface area (Å²) in [7, 11) is 0. The first-order chi connectivity index (χ1) is 14.2. The Hall–Kier alpha value is -2.24. The minimum atomic E-state index is 0.254. The predicted molar refractivity (Wildman–Crippen MR) is 117 cm³/mol. The number of hydrogen-bond acceptors (Lipinski definition) is 3. The molecule has 3 N–H and O–H groups in total. The van der Waals surface area contributed by atoms with E-state index in [4.69, 9.17) is 4.99 Å². The maximum Gasteiger partial charge on any atom is 0.225 e. The fourth-order valence-corrected chi connectivity index (χ4v) is 4.34. The maximum absolute atomic E-state index is 12.8. The van der Waals surface area contributed by atoms with Gasteiger partial charge in [0.15, 0.2) is 5.96 Å². The summed E-state index contributed by atoms with van der Waals surface area (Å²) in [6, 6.07) is 7.64. The summed E-state index contributed by atoms with van der Waals surface area (Å²) in [6.07, 6.45) is 8.70. The molecule has 0 bridgehead atoms. The standard InChI is InChI=1S/C23H36N4O2/c1-2-24-23(25-15-6-7-18-10-12-21(28)13-11-18)26-20-14-16-27(17-20)22(29)19-8-4-3-5-9-19/h10-13,19-20,28H,2-9,14-17H2,1H3,(H2,24,25,26). The number of carbonyl (C=O) groups is 1. The molecule has 1 aromatic carbocycles. The highest BCUT2D eigenvalue weighted by Gasteiger charge is 2.31. The summed E-state index contributed by atoms with van der Waals surface area (Å²) in [5.74, 6) is 1.77. The molecule has 2 aliphatic rings. The van der Waals surface area contributed by atoms with Crippen molar-refractivity contribution in [2.45, 2.75) is 64.3 Å². The summed E-state index contributed by atoms with van der Waals surface area (Å²) < 4.78 is 0. The van der Waals surface area contributed by atoms with E-state index in [9.17, 15) is 9.90 Å². The molecule has 6 heteroatoms. The van der Waals surface area contributed by atoms with E-state index in [1.165, 1.54) is 24.8 Å². The van der Waals surface area contributed by atoms with Crippen molar-refractivity contribution >= 4 is 11.9 Å². The van der Waals surface area contributed by atoms with Crippen LogP contribution in [0.25, 0.3) is 0 Å². The Labute approximate surface area is 174 Å². The number of benzene rings is 1. The molecular weight excluding hydrogens is 364 g/mol. The fourth-order valence-electron chi connectivity index (χ4n) is 4.34. The van der Waals surface area contributed by atoms with E-state index in [0.29, 0.717) is 11.7 Å². The Kier molecular flexibility index (Phi) is 8.20. The molecule has 0 radical (unpaired) electrons. The van der Waals surface area contributed by atoms with E-state index in [1.807, 2.05) is 12.1 Å². The summed E-state index contributed by atoms with van der Waals surface area (Å²) in [5.41, 5.74) is 1.21. The van der Waals surface area contributed by atoms with Gasteiger partial charge in [0.2, 0.25) is 5.91 Å². The van der Waals surface area contributed by atoms with Crippen molar-refractivity contribution in [3.05, 3.63) is 29.8 Å². The van der Waals surface area contributed by atoms with Crippen molar-refractivity contribution in [2.75, 3.05) is 26.2 Å². The fraction of sp³-hybridized carbons (Fsp3) is 0.652. The van der Waals surface area contributed by atoms with Gasteiger partial charge in [0.25, 0.3) is 0 Å². The summed E-state index contributed by atoms with van der Waals surface area (Å²) in [5, 5.41) is 16.2. The Balaban J connectivity index is 1.43. The zero-order valence-corrected chi connectivity index (χ0v) is 17.7. The molecule has 1 atom stereocenters. The minimum Gasteiger partial charge on any atom is -0.508 e. The van der Waals surface area contributed by atoms with Crippen LogP contribution >= 0.6 is 0 Å². The van der Waals surface area contributed by atoms with Crippen LogP contribution in [0.3, 0.4) is 0 Å². The van der Waals surface area contributed by atoms with E-state index in [-0.39, 0.29) is 12.0 Å². The Morgan fingerprint density at radius 1 is 1.17 bits per heavy atom. The molecular formula is C23H36N4O2. The molecule has 6 nitrogen and oxygen atoms in total. The van der Waals surface area contributed by atoms with Gasteiger partial charge in [-0.15, -0.1) is 0 Å². The zero-order chi connectivity index (χ0) is 20.5. The molecule has 1 amide bonds. The van der Waals surface area contributed by atoms with E-state index in [2.05, 4.69) is 22.5 Å². The zero-order valence-electron chi connectivity index (χ0n) is 17.7. The first kappa shape index (κ1) is 21.5. The first-order valence-electron chi connectivity index (χ1n) is 11.3. The van der Waals surface area contributed by atoms with Crippen LogP contribution in [0.2, 0.25) is 0 Å². The second-order valence-corrected chi connectivity index (χ2v) is 8.28. The molecule has 1 saturated heterocycles. The number of hydrogen-bond donors (Lipinski definition) is 3. The van der Waals surface area contributed by atoms with Crippen LogP contribution in [-0.4, -0.2) is 54.1 Å². The number of aliphatic imine (C=N–C) groups is 1. The predicted octanol–water partition coefficient (Wildman–Crippen LogP) is 3.06. The Bertz CT molecular complexity index is 668. The molecule has 3 rings (SSSR count). The Morgan fingerprint density at radius 3 is 2.66 bits per heavy atom. The number of rotatable bonds is 7. The number of phenolic OH excluding ortho intramolecular Hbond substituents is 1. The van der Waals surface area contributed by atoms with Crippen LogP contribution < -0.4 is 10.6 Å². The first-order valence-corrected chi connectivity index (χ1v) is 11.3. The van der Waals surface area contributed by atoms with Gasteiger partial charge in [-0.05, 0) is 56.7 Å². The highest BCUT2D eigenvalue weighted by atomic mass is 16.3. The lowest BCUT2D eigenvalue weighted by Crippen LogP contribution is -2.45. The maximum atomic E-state index is 12.8. The number of nitrogens with zero attached hydrogens (tertiary/aromatic N) is 2. The quantitative estimate of drug-likeness (QED) is 0.373. The molecule has 0 aromatic heterocycles. The van der Waals surface area contributed by atoms with E-state index >= 15 is 0 Å². The third kappa shape index (κ3) is 6.65. The minimum absolute atomic E-state index is 0.254. The van der Waals surface area contributed by atoms with Crippen molar-refractivity contribution in [3.8, 4) is 5.75 Å². The number of phenols is 1. The molecule has 1 unspecified atom stereocenters. The highest BCUT2D eigenvalue weighted by Crippen LogP contribution is 2.26. The van der Waals surface area contributed by atoms with Gasteiger partial charge in [0.1, 0.15) is 5.75 Å². The van der Waals surface area contributed by atoms with Crippen molar-refractivity contribution in [1.29, 1.82) is 0 Å². The summed E-state index contributed by atoms with van der Waals surface area (Å²) >= 11 is 0. The average molecular weight is 401 g/mol. The molecule has 29 heavy (non-hydrogen) atoms. The molecule has 1 heterocycles. The number of aryl methyl sites for hydroxylation is 1. The highest BCUT2D eigenvalue weighted by molar-refractivity contribution is 5.81. The third-order valence-electron chi connectivity index (χ3n) is 5.97. The number of aromatic hydroxyl groups is 1. The van der Waals surface area contributed by atoms with Gasteiger partial charge in [-0.3, -0.25) is 9.79 Å². The van der Waals surface area contributed by atoms with Crippen LogP contribution in [-0.2, 0) is 11.2 Å². The molecule has 1 saturated carbocycles. The number of carbonyl (C=O) groups excluding carboxylic acids is 1. The second-order valence-electron chi connectivity index (χ2n) is 8.28. The largest absolute Gasteiger partial charge is 0.508 e. The van der Waals surface area contributed by atoms with Gasteiger partial charge in [-0.1, -0.05) is 31.4 Å². The Morgan fingerprint density at radius 2 is 1.93 bits per heavy atom. The average Bonchev–Trinajstić information content (AvgIpc) is 3.21. The van der Waals surface area contributed by atoms with Gasteiger partial charge in [0.05, 0.1) is 0 Å². The van der Waals surface area contributed by atoms with Gasteiger partial charge >= 0.3 is 0 Å². The second kappa shape index (κ2) is 11.1. The van der Waals surface area contributed by atoms with Gasteiger partial charge < -0.3 is 20.6 Å². The molecule has 1 aromatic rings. The number of likely N-dealkylation sites (tertiary alicyclic amines) is 1. The van der Waals surface area contributed by atoms with Crippen LogP contribution in [0.1, 0.15) is 57.4 Å². The van der Waals surface area contributed by atoms with Crippen molar-refractivity contribution in [3.63, 3.8) is 0 Å². The normalized spacial score (nSPS) is 20.7. The third-order valence-corrected chi connectivity index (χ3v) is 5.97. The van der Waals surface area contributed by atoms with Crippen LogP contribution in [0, 0.1) is 5.92 Å². The van der Waals surface area contributed by atoms with Crippen LogP contribution in [0.15, 0.2) is 29.3 Å². The van der Waals surface area contributed by atoms with E-state index in [1.54, 1.807) is 12.1 Å². The molecule has 2 fully saturated rings. The number of amides is 1. The lowest BCUT2D eigenvalue weighted by atomic mass is 9.88. The van der Waals surface area contributed by atoms with Gasteiger partial charge in [-0.25, -0.2) is 0 Å². The monoisotopic (exact) mass is 400 g/mol. The summed E-state index contributed by atoms with van der Waals surface area (Å²) in [6.45, 7) is 5.27. The smallest absolute Gasteiger partial charge is 0.225 e. The number of guanidine groups is 1. The van der Waals surface area contributed by atoms with E-state index in [0.717, 1.165) is 64.2 Å². The topological polar surface area (TPSA) is 77.0 Å². The number of nitrogens with one attached hydrogen (secondary N) is 2. The lowest BCUT2D eigenvalue weighted by Gasteiger charge is -2.26. The SMILES string of the molecule is CCNC(=NCCCc1ccc(O)cc1)NC1CCN(C(=O)C2CCCCC2)C1.